The SMILES string of the molecule is COc1ccc(C(=O)N2CCN(CCOc3ccc(Cl)cc3)CC2)cc1. The fraction of sp³-hybridized carbons (Fsp3) is 0.350. The summed E-state index contributed by atoms with van der Waals surface area (Å²) in [4.78, 5) is 16.8. The van der Waals surface area contributed by atoms with Crippen molar-refractivity contribution in [1.29, 1.82) is 0 Å². The van der Waals surface area contributed by atoms with E-state index in [1.807, 2.05) is 53.4 Å². The molecular formula is C20H23ClN2O3. The average Bonchev–Trinajstić information content (AvgIpc) is 2.69. The minimum atomic E-state index is 0.0738. The molecule has 6 heteroatoms. The number of amides is 1. The highest BCUT2D eigenvalue weighted by atomic mass is 35.5. The molecule has 0 unspecified atom stereocenters. The van der Waals surface area contributed by atoms with Crippen LogP contribution in [0.2, 0.25) is 5.02 Å². The molecule has 1 amide bonds. The lowest BCUT2D eigenvalue weighted by molar-refractivity contribution is 0.0620. The smallest absolute Gasteiger partial charge is 0.253 e. The zero-order valence-electron chi connectivity index (χ0n) is 14.9. The molecule has 0 saturated carbocycles. The van der Waals surface area contributed by atoms with Crippen LogP contribution in [0.25, 0.3) is 0 Å². The van der Waals surface area contributed by atoms with E-state index in [1.165, 1.54) is 0 Å². The summed E-state index contributed by atoms with van der Waals surface area (Å²) in [6, 6.07) is 14.6. The van der Waals surface area contributed by atoms with Gasteiger partial charge in [-0.05, 0) is 48.5 Å². The number of hydrogen-bond acceptors (Lipinski definition) is 4. The van der Waals surface area contributed by atoms with Gasteiger partial charge in [0.05, 0.1) is 7.11 Å². The van der Waals surface area contributed by atoms with Crippen molar-refractivity contribution in [3.63, 3.8) is 0 Å². The summed E-state index contributed by atoms with van der Waals surface area (Å²) in [5, 5.41) is 0.704. The fourth-order valence-corrected chi connectivity index (χ4v) is 3.04. The second kappa shape index (κ2) is 8.92. The Hall–Kier alpha value is -2.24. The molecular weight excluding hydrogens is 352 g/mol. The quantitative estimate of drug-likeness (QED) is 0.778. The zero-order valence-corrected chi connectivity index (χ0v) is 15.6. The van der Waals surface area contributed by atoms with Crippen molar-refractivity contribution < 1.29 is 14.3 Å². The van der Waals surface area contributed by atoms with Gasteiger partial charge in [-0.25, -0.2) is 0 Å². The zero-order chi connectivity index (χ0) is 18.4. The number of methoxy groups -OCH3 is 1. The van der Waals surface area contributed by atoms with Gasteiger partial charge < -0.3 is 14.4 Å². The monoisotopic (exact) mass is 374 g/mol. The molecule has 5 nitrogen and oxygen atoms in total. The third-order valence-corrected chi connectivity index (χ3v) is 4.74. The second-order valence-electron chi connectivity index (χ2n) is 6.16. The van der Waals surface area contributed by atoms with Crippen LogP contribution in [-0.4, -0.2) is 62.1 Å². The van der Waals surface area contributed by atoms with Crippen molar-refractivity contribution in [2.45, 2.75) is 0 Å². The molecule has 0 aliphatic carbocycles. The van der Waals surface area contributed by atoms with Crippen LogP contribution in [0, 0.1) is 0 Å². The van der Waals surface area contributed by atoms with Crippen LogP contribution in [0.5, 0.6) is 11.5 Å². The average molecular weight is 375 g/mol. The lowest BCUT2D eigenvalue weighted by Gasteiger charge is -2.34. The summed E-state index contributed by atoms with van der Waals surface area (Å²) in [6.45, 7) is 4.62. The third kappa shape index (κ3) is 4.90. The highest BCUT2D eigenvalue weighted by Crippen LogP contribution is 2.16. The number of piperazine rings is 1. The molecule has 1 heterocycles. The number of carbonyl (C=O) groups is 1. The summed E-state index contributed by atoms with van der Waals surface area (Å²) in [5.74, 6) is 1.65. The van der Waals surface area contributed by atoms with Crippen molar-refractivity contribution >= 4 is 17.5 Å². The van der Waals surface area contributed by atoms with E-state index in [-0.39, 0.29) is 5.91 Å². The summed E-state index contributed by atoms with van der Waals surface area (Å²) >= 11 is 5.86. The first-order valence-corrected chi connectivity index (χ1v) is 9.07. The molecule has 1 saturated heterocycles. The molecule has 0 atom stereocenters. The van der Waals surface area contributed by atoms with Crippen LogP contribution < -0.4 is 9.47 Å². The van der Waals surface area contributed by atoms with E-state index in [0.717, 1.165) is 44.2 Å². The summed E-state index contributed by atoms with van der Waals surface area (Å²) in [7, 11) is 1.62. The molecule has 2 aromatic rings. The van der Waals surface area contributed by atoms with E-state index in [4.69, 9.17) is 21.1 Å². The third-order valence-electron chi connectivity index (χ3n) is 4.49. The minimum absolute atomic E-state index is 0.0738. The molecule has 0 N–H and O–H groups in total. The number of rotatable bonds is 6. The molecule has 1 aliphatic rings. The van der Waals surface area contributed by atoms with Crippen molar-refractivity contribution in [3.05, 3.63) is 59.1 Å². The van der Waals surface area contributed by atoms with E-state index in [9.17, 15) is 4.79 Å². The number of carbonyl (C=O) groups excluding carboxylic acids is 1. The molecule has 0 bridgehead atoms. The largest absolute Gasteiger partial charge is 0.497 e. The van der Waals surface area contributed by atoms with Crippen molar-refractivity contribution in [1.82, 2.24) is 9.80 Å². The fourth-order valence-electron chi connectivity index (χ4n) is 2.91. The van der Waals surface area contributed by atoms with E-state index in [2.05, 4.69) is 4.90 Å². The first-order chi connectivity index (χ1) is 12.7. The number of ether oxygens (including phenoxy) is 2. The molecule has 3 rings (SSSR count). The van der Waals surface area contributed by atoms with Crippen LogP contribution in [0.3, 0.4) is 0 Å². The van der Waals surface area contributed by atoms with Crippen LogP contribution in [0.1, 0.15) is 10.4 Å². The number of hydrogen-bond donors (Lipinski definition) is 0. The maximum absolute atomic E-state index is 12.6. The van der Waals surface area contributed by atoms with Gasteiger partial charge in [0.2, 0.25) is 0 Å². The molecule has 0 spiro atoms. The molecule has 1 fully saturated rings. The molecule has 138 valence electrons. The van der Waals surface area contributed by atoms with E-state index in [1.54, 1.807) is 7.11 Å². The lowest BCUT2D eigenvalue weighted by atomic mass is 10.1. The predicted octanol–water partition coefficient (Wildman–Crippen LogP) is 3.19. The Morgan fingerprint density at radius 3 is 2.19 bits per heavy atom. The molecule has 0 radical (unpaired) electrons. The Kier molecular flexibility index (Phi) is 6.36. The Balaban J connectivity index is 1.41. The Bertz CT molecular complexity index is 711. The van der Waals surface area contributed by atoms with E-state index >= 15 is 0 Å². The van der Waals surface area contributed by atoms with Gasteiger partial charge in [0, 0.05) is 43.3 Å². The number of nitrogens with zero attached hydrogens (tertiary/aromatic N) is 2. The van der Waals surface area contributed by atoms with Crippen LogP contribution in [0.15, 0.2) is 48.5 Å². The highest BCUT2D eigenvalue weighted by molar-refractivity contribution is 6.30. The van der Waals surface area contributed by atoms with Crippen molar-refractivity contribution in [2.24, 2.45) is 0 Å². The maximum atomic E-state index is 12.6. The van der Waals surface area contributed by atoms with Gasteiger partial charge in [0.1, 0.15) is 18.1 Å². The van der Waals surface area contributed by atoms with Crippen molar-refractivity contribution in [3.8, 4) is 11.5 Å². The van der Waals surface area contributed by atoms with Crippen LogP contribution in [0.4, 0.5) is 0 Å². The van der Waals surface area contributed by atoms with Gasteiger partial charge in [-0.15, -0.1) is 0 Å². The Morgan fingerprint density at radius 1 is 0.962 bits per heavy atom. The van der Waals surface area contributed by atoms with Gasteiger partial charge >= 0.3 is 0 Å². The highest BCUT2D eigenvalue weighted by Gasteiger charge is 2.22. The van der Waals surface area contributed by atoms with Crippen molar-refractivity contribution in [2.75, 3.05) is 46.4 Å². The normalized spacial score (nSPS) is 14.9. The predicted molar refractivity (Wildman–Crippen MR) is 102 cm³/mol. The minimum Gasteiger partial charge on any atom is -0.497 e. The Morgan fingerprint density at radius 2 is 1.58 bits per heavy atom. The summed E-state index contributed by atoms with van der Waals surface area (Å²) < 4.78 is 10.9. The van der Waals surface area contributed by atoms with Gasteiger partial charge in [-0.3, -0.25) is 9.69 Å². The summed E-state index contributed by atoms with van der Waals surface area (Å²) in [5.41, 5.74) is 0.699. The topological polar surface area (TPSA) is 42.0 Å². The maximum Gasteiger partial charge on any atom is 0.253 e. The van der Waals surface area contributed by atoms with Gasteiger partial charge in [-0.2, -0.15) is 0 Å². The van der Waals surface area contributed by atoms with Gasteiger partial charge in [-0.1, -0.05) is 11.6 Å². The molecule has 26 heavy (non-hydrogen) atoms. The molecule has 0 aromatic heterocycles. The van der Waals surface area contributed by atoms with Gasteiger partial charge in [0.15, 0.2) is 0 Å². The number of benzene rings is 2. The van der Waals surface area contributed by atoms with Crippen LogP contribution >= 0.6 is 11.6 Å². The van der Waals surface area contributed by atoms with E-state index in [0.29, 0.717) is 17.2 Å². The molecule has 2 aromatic carbocycles. The van der Waals surface area contributed by atoms with E-state index < -0.39 is 0 Å². The molecule has 1 aliphatic heterocycles. The number of halogens is 1. The van der Waals surface area contributed by atoms with Gasteiger partial charge in [0.25, 0.3) is 5.91 Å². The second-order valence-corrected chi connectivity index (χ2v) is 6.60. The first-order valence-electron chi connectivity index (χ1n) is 8.70. The standard InChI is InChI=1S/C20H23ClN2O3/c1-25-18-6-2-16(3-7-18)20(24)23-12-10-22(11-13-23)14-15-26-19-8-4-17(21)5-9-19/h2-9H,10-15H2,1H3. The first kappa shape index (κ1) is 18.5. The lowest BCUT2D eigenvalue weighted by Crippen LogP contribution is -2.49. The van der Waals surface area contributed by atoms with Crippen LogP contribution in [-0.2, 0) is 0 Å². The summed E-state index contributed by atoms with van der Waals surface area (Å²) in [6.07, 6.45) is 0. The Labute approximate surface area is 159 Å².